The molecule has 0 bridgehead atoms. The predicted octanol–water partition coefficient (Wildman–Crippen LogP) is 1.97. The number of rotatable bonds is 6. The third-order valence-electron chi connectivity index (χ3n) is 5.29. The van der Waals surface area contributed by atoms with Crippen LogP contribution in [0.25, 0.3) is 0 Å². The van der Waals surface area contributed by atoms with Gasteiger partial charge in [0, 0.05) is 56.4 Å². The second kappa shape index (κ2) is 9.97. The quantitative estimate of drug-likeness (QED) is 0.746. The fourth-order valence-electron chi connectivity index (χ4n) is 3.93. The molecule has 2 heterocycles. The number of likely N-dealkylation sites (tertiary alicyclic amines) is 1. The highest BCUT2D eigenvalue weighted by atomic mass is 35.5. The second-order valence-electron chi connectivity index (χ2n) is 6.84. The Morgan fingerprint density at radius 3 is 2.63 bits per heavy atom. The van der Waals surface area contributed by atoms with Crippen LogP contribution in [0.1, 0.15) is 22.3 Å². The molecule has 2 aliphatic heterocycles. The Morgan fingerprint density at radius 2 is 2.00 bits per heavy atom. The zero-order chi connectivity index (χ0) is 18.5. The molecule has 2 fully saturated rings. The van der Waals surface area contributed by atoms with E-state index in [2.05, 4.69) is 16.8 Å². The van der Waals surface area contributed by atoms with Crippen molar-refractivity contribution in [1.82, 2.24) is 15.1 Å². The van der Waals surface area contributed by atoms with E-state index >= 15 is 0 Å². The van der Waals surface area contributed by atoms with Crippen LogP contribution in [0.5, 0.6) is 11.5 Å². The highest BCUT2D eigenvalue weighted by Crippen LogP contribution is 2.34. The lowest BCUT2D eigenvalue weighted by Gasteiger charge is -2.32. The molecule has 3 rings (SSSR count). The number of allylic oxidation sites excluding steroid dienone is 1. The van der Waals surface area contributed by atoms with Crippen molar-refractivity contribution in [2.24, 2.45) is 0 Å². The maximum Gasteiger partial charge on any atom is 0.254 e. The van der Waals surface area contributed by atoms with E-state index in [9.17, 15) is 4.79 Å². The summed E-state index contributed by atoms with van der Waals surface area (Å²) in [6, 6.07) is 4.16. The van der Waals surface area contributed by atoms with Crippen LogP contribution in [-0.2, 0) is 6.42 Å². The van der Waals surface area contributed by atoms with Gasteiger partial charge in [-0.15, -0.1) is 19.0 Å². The molecule has 0 radical (unpaired) electrons. The van der Waals surface area contributed by atoms with Gasteiger partial charge in [-0.25, -0.2) is 0 Å². The molecule has 1 unspecified atom stereocenters. The minimum Gasteiger partial charge on any atom is -0.493 e. The van der Waals surface area contributed by atoms with Crippen molar-refractivity contribution >= 4 is 18.3 Å². The van der Waals surface area contributed by atoms with Crippen LogP contribution in [0.15, 0.2) is 24.8 Å². The lowest BCUT2D eigenvalue weighted by Crippen LogP contribution is -2.49. The molecule has 0 aromatic heterocycles. The van der Waals surface area contributed by atoms with Crippen molar-refractivity contribution in [2.45, 2.75) is 18.9 Å². The summed E-state index contributed by atoms with van der Waals surface area (Å²) in [4.78, 5) is 17.5. The van der Waals surface area contributed by atoms with Gasteiger partial charge in [0.2, 0.25) is 0 Å². The number of hydrogen-bond acceptors (Lipinski definition) is 5. The van der Waals surface area contributed by atoms with Gasteiger partial charge in [0.1, 0.15) is 0 Å². The minimum atomic E-state index is 0. The van der Waals surface area contributed by atoms with E-state index in [0.29, 0.717) is 29.5 Å². The Hall–Kier alpha value is -1.76. The summed E-state index contributed by atoms with van der Waals surface area (Å²) < 4.78 is 10.9. The number of piperazine rings is 1. The number of nitrogens with one attached hydrogen (secondary N) is 1. The Balaban J connectivity index is 0.00000261. The summed E-state index contributed by atoms with van der Waals surface area (Å²) in [7, 11) is 3.21. The fraction of sp³-hybridized carbons (Fsp3) is 0.550. The molecule has 1 aromatic rings. The molecule has 150 valence electrons. The number of benzene rings is 1. The van der Waals surface area contributed by atoms with E-state index in [4.69, 9.17) is 9.47 Å². The molecule has 2 aliphatic rings. The van der Waals surface area contributed by atoms with E-state index in [1.807, 2.05) is 17.0 Å². The number of nitrogens with zero attached hydrogens (tertiary/aromatic N) is 2. The van der Waals surface area contributed by atoms with Crippen molar-refractivity contribution in [2.75, 3.05) is 53.5 Å². The summed E-state index contributed by atoms with van der Waals surface area (Å²) in [5.41, 5.74) is 1.57. The zero-order valence-corrected chi connectivity index (χ0v) is 17.0. The summed E-state index contributed by atoms with van der Waals surface area (Å²) in [6.07, 6.45) is 3.48. The van der Waals surface area contributed by atoms with Crippen molar-refractivity contribution in [3.05, 3.63) is 35.9 Å². The molecule has 7 heteroatoms. The largest absolute Gasteiger partial charge is 0.493 e. The standard InChI is InChI=1S/C20H29N3O3.ClH/c1-4-5-15-12-16(13-18(25-2)19(15)26-3)20(24)23-9-6-17(14-23)22-10-7-21-8-11-22;/h4,12-13,17,21H,1,5-11,14H2,2-3H3;1H. The molecule has 1 amide bonds. The zero-order valence-electron chi connectivity index (χ0n) is 16.2. The van der Waals surface area contributed by atoms with Gasteiger partial charge >= 0.3 is 0 Å². The van der Waals surface area contributed by atoms with E-state index < -0.39 is 0 Å². The lowest BCUT2D eigenvalue weighted by atomic mass is 10.0. The van der Waals surface area contributed by atoms with Gasteiger partial charge in [0.05, 0.1) is 14.2 Å². The average Bonchev–Trinajstić information content (AvgIpc) is 3.18. The van der Waals surface area contributed by atoms with E-state index in [1.54, 1.807) is 20.3 Å². The molecular formula is C20H30ClN3O3. The van der Waals surface area contributed by atoms with Gasteiger partial charge in [0.25, 0.3) is 5.91 Å². The van der Waals surface area contributed by atoms with Crippen molar-refractivity contribution in [1.29, 1.82) is 0 Å². The average molecular weight is 396 g/mol. The van der Waals surface area contributed by atoms with E-state index in [-0.39, 0.29) is 18.3 Å². The number of carbonyl (C=O) groups excluding carboxylic acids is 1. The van der Waals surface area contributed by atoms with Crippen LogP contribution in [0.3, 0.4) is 0 Å². The lowest BCUT2D eigenvalue weighted by molar-refractivity contribution is 0.0773. The van der Waals surface area contributed by atoms with Crippen LogP contribution in [-0.4, -0.2) is 75.2 Å². The van der Waals surface area contributed by atoms with Crippen LogP contribution >= 0.6 is 12.4 Å². The number of methoxy groups -OCH3 is 2. The first-order valence-electron chi connectivity index (χ1n) is 9.27. The Kier molecular flexibility index (Phi) is 7.95. The number of ether oxygens (including phenoxy) is 2. The summed E-state index contributed by atoms with van der Waals surface area (Å²) in [6.45, 7) is 9.59. The number of hydrogen-bond donors (Lipinski definition) is 1. The first-order chi connectivity index (χ1) is 12.7. The number of halogens is 1. The summed E-state index contributed by atoms with van der Waals surface area (Å²) in [5.74, 6) is 1.33. The van der Waals surface area contributed by atoms with Gasteiger partial charge in [0.15, 0.2) is 11.5 Å². The maximum atomic E-state index is 13.1. The third kappa shape index (κ3) is 4.75. The molecule has 6 nitrogen and oxygen atoms in total. The first-order valence-corrected chi connectivity index (χ1v) is 9.27. The van der Waals surface area contributed by atoms with Crippen molar-refractivity contribution < 1.29 is 14.3 Å². The Bertz CT molecular complexity index is 662. The Morgan fingerprint density at radius 1 is 1.26 bits per heavy atom. The normalized spacial score (nSPS) is 20.1. The molecule has 2 saturated heterocycles. The molecule has 1 aromatic carbocycles. The van der Waals surface area contributed by atoms with Crippen LogP contribution in [0.2, 0.25) is 0 Å². The van der Waals surface area contributed by atoms with Crippen LogP contribution in [0.4, 0.5) is 0 Å². The highest BCUT2D eigenvalue weighted by molar-refractivity contribution is 5.95. The molecule has 0 aliphatic carbocycles. The monoisotopic (exact) mass is 395 g/mol. The maximum absolute atomic E-state index is 13.1. The fourth-order valence-corrected chi connectivity index (χ4v) is 3.93. The van der Waals surface area contributed by atoms with Gasteiger partial charge in [-0.05, 0) is 25.0 Å². The molecular weight excluding hydrogens is 366 g/mol. The predicted molar refractivity (Wildman–Crippen MR) is 109 cm³/mol. The van der Waals surface area contributed by atoms with E-state index in [0.717, 1.165) is 51.3 Å². The van der Waals surface area contributed by atoms with Gasteiger partial charge in [-0.2, -0.15) is 0 Å². The number of carbonyl (C=O) groups is 1. The SMILES string of the molecule is C=CCc1cc(C(=O)N2CCC(N3CCNCC3)C2)cc(OC)c1OC.Cl. The van der Waals surface area contributed by atoms with Crippen molar-refractivity contribution in [3.63, 3.8) is 0 Å². The second-order valence-corrected chi connectivity index (χ2v) is 6.84. The summed E-state index contributed by atoms with van der Waals surface area (Å²) >= 11 is 0. The smallest absolute Gasteiger partial charge is 0.254 e. The topological polar surface area (TPSA) is 54.0 Å². The van der Waals surface area contributed by atoms with E-state index in [1.165, 1.54) is 0 Å². The first kappa shape index (κ1) is 21.5. The van der Waals surface area contributed by atoms with Gasteiger partial charge in [-0.1, -0.05) is 6.08 Å². The molecule has 1 atom stereocenters. The van der Waals surface area contributed by atoms with Gasteiger partial charge in [-0.3, -0.25) is 9.69 Å². The van der Waals surface area contributed by atoms with Gasteiger partial charge < -0.3 is 19.7 Å². The minimum absolute atomic E-state index is 0. The third-order valence-corrected chi connectivity index (χ3v) is 5.29. The molecule has 27 heavy (non-hydrogen) atoms. The Labute approximate surface area is 167 Å². The van der Waals surface area contributed by atoms with Crippen molar-refractivity contribution in [3.8, 4) is 11.5 Å². The molecule has 0 spiro atoms. The summed E-state index contributed by atoms with van der Waals surface area (Å²) in [5, 5.41) is 3.38. The molecule has 1 N–H and O–H groups in total. The van der Waals surface area contributed by atoms with Crippen LogP contribution < -0.4 is 14.8 Å². The highest BCUT2D eigenvalue weighted by Gasteiger charge is 2.32. The molecule has 0 saturated carbocycles. The number of amides is 1. The van der Waals surface area contributed by atoms with Crippen LogP contribution in [0, 0.1) is 0 Å².